The summed E-state index contributed by atoms with van der Waals surface area (Å²) in [5.74, 6) is 0.575. The minimum absolute atomic E-state index is 0.0434. The molecule has 0 aromatic carbocycles. The first-order chi connectivity index (χ1) is 10.9. The van der Waals surface area contributed by atoms with Gasteiger partial charge < -0.3 is 14.3 Å². The first kappa shape index (κ1) is 17.3. The number of nitrogens with zero attached hydrogens (tertiary/aromatic N) is 2. The van der Waals surface area contributed by atoms with Gasteiger partial charge in [0.1, 0.15) is 11.3 Å². The van der Waals surface area contributed by atoms with E-state index in [2.05, 4.69) is 9.97 Å². The number of carbonyl (C=O) groups is 1. The Bertz CT molecular complexity index is 710. The normalized spacial score (nSPS) is 12.4. The molecule has 0 fully saturated rings. The van der Waals surface area contributed by atoms with E-state index in [1.54, 1.807) is 17.2 Å². The molecule has 23 heavy (non-hydrogen) atoms. The fourth-order valence-corrected chi connectivity index (χ4v) is 2.47. The van der Waals surface area contributed by atoms with Gasteiger partial charge in [0.05, 0.1) is 12.8 Å². The van der Waals surface area contributed by atoms with Gasteiger partial charge in [0, 0.05) is 12.2 Å². The summed E-state index contributed by atoms with van der Waals surface area (Å²) < 4.78 is 5.35. The highest BCUT2D eigenvalue weighted by Crippen LogP contribution is 2.17. The second-order valence-corrected chi connectivity index (χ2v) is 6.43. The van der Waals surface area contributed by atoms with Crippen LogP contribution in [0, 0.1) is 5.92 Å². The lowest BCUT2D eigenvalue weighted by molar-refractivity contribution is 0.0608. The summed E-state index contributed by atoms with van der Waals surface area (Å²) in [7, 11) is 0. The molecule has 0 radical (unpaired) electrons. The number of aromatic amines is 1. The fourth-order valence-electron chi connectivity index (χ4n) is 2.12. The zero-order valence-electron chi connectivity index (χ0n) is 13.7. The van der Waals surface area contributed by atoms with Crippen molar-refractivity contribution in [1.29, 1.82) is 0 Å². The molecule has 1 amide bonds. The smallest absolute Gasteiger partial charge is 0.264 e. The van der Waals surface area contributed by atoms with Gasteiger partial charge in [0.2, 0.25) is 0 Å². The summed E-state index contributed by atoms with van der Waals surface area (Å²) in [6.45, 7) is 6.34. The van der Waals surface area contributed by atoms with Gasteiger partial charge in [-0.1, -0.05) is 25.6 Å². The topological polar surface area (TPSA) is 79.2 Å². The van der Waals surface area contributed by atoms with E-state index < -0.39 is 5.56 Å². The van der Waals surface area contributed by atoms with Crippen molar-refractivity contribution in [3.05, 3.63) is 46.3 Å². The van der Waals surface area contributed by atoms with E-state index in [1.807, 2.05) is 33.1 Å². The van der Waals surface area contributed by atoms with Crippen molar-refractivity contribution in [3.8, 4) is 0 Å². The molecule has 1 unspecified atom stereocenters. The lowest BCUT2D eigenvalue weighted by Gasteiger charge is -2.31. The molecule has 2 aromatic heterocycles. The number of nitrogens with one attached hydrogen (secondary N) is 1. The van der Waals surface area contributed by atoms with Crippen LogP contribution in [0.15, 0.2) is 39.0 Å². The van der Waals surface area contributed by atoms with E-state index in [-0.39, 0.29) is 23.4 Å². The number of hydrogen-bond donors (Lipinski definition) is 1. The number of amides is 1. The molecular formula is C16H21N3O3S. The lowest BCUT2D eigenvalue weighted by Crippen LogP contribution is -2.43. The van der Waals surface area contributed by atoms with Crippen molar-refractivity contribution in [2.24, 2.45) is 5.92 Å². The molecule has 1 atom stereocenters. The summed E-state index contributed by atoms with van der Waals surface area (Å²) in [5.41, 5.74) is -0.378. The maximum Gasteiger partial charge on any atom is 0.264 e. The van der Waals surface area contributed by atoms with Crippen LogP contribution in [0.2, 0.25) is 0 Å². The van der Waals surface area contributed by atoms with Crippen LogP contribution in [0.1, 0.15) is 36.9 Å². The van der Waals surface area contributed by atoms with Crippen molar-refractivity contribution >= 4 is 17.7 Å². The Balaban J connectivity index is 2.34. The Morgan fingerprint density at radius 1 is 1.43 bits per heavy atom. The SMILES string of the molecule is CSc1ncc(C(=O)N(Cc2ccco2)C(C)C(C)C)c(=O)[nH]1. The van der Waals surface area contributed by atoms with Crippen LogP contribution in [0.5, 0.6) is 0 Å². The number of carbonyl (C=O) groups excluding carboxylic acids is 1. The summed E-state index contributed by atoms with van der Waals surface area (Å²) in [6.07, 6.45) is 4.72. The molecule has 2 rings (SSSR count). The number of rotatable bonds is 6. The number of H-pyrrole nitrogens is 1. The minimum Gasteiger partial charge on any atom is -0.467 e. The first-order valence-corrected chi connectivity index (χ1v) is 8.63. The minimum atomic E-state index is -0.422. The monoisotopic (exact) mass is 335 g/mol. The zero-order valence-corrected chi connectivity index (χ0v) is 14.5. The van der Waals surface area contributed by atoms with Crippen LogP contribution < -0.4 is 5.56 Å². The van der Waals surface area contributed by atoms with Crippen molar-refractivity contribution in [2.75, 3.05) is 6.26 Å². The second-order valence-electron chi connectivity index (χ2n) is 5.63. The van der Waals surface area contributed by atoms with Gasteiger partial charge in [0.25, 0.3) is 11.5 Å². The van der Waals surface area contributed by atoms with Gasteiger partial charge in [-0.2, -0.15) is 0 Å². The molecule has 0 aliphatic heterocycles. The average Bonchev–Trinajstić information content (AvgIpc) is 3.04. The largest absolute Gasteiger partial charge is 0.467 e. The van der Waals surface area contributed by atoms with E-state index in [9.17, 15) is 9.59 Å². The number of hydrogen-bond acceptors (Lipinski definition) is 5. The molecule has 2 heterocycles. The standard InChI is InChI=1S/C16H21N3O3S/c1-10(2)11(3)19(9-12-6-5-7-22-12)15(21)13-8-17-16(23-4)18-14(13)20/h5-8,10-11H,9H2,1-4H3,(H,17,18,20). The average molecular weight is 335 g/mol. The third-order valence-electron chi connectivity index (χ3n) is 3.82. The third kappa shape index (κ3) is 4.04. The molecule has 0 saturated heterocycles. The van der Waals surface area contributed by atoms with E-state index in [0.29, 0.717) is 17.5 Å². The molecule has 0 bridgehead atoms. The van der Waals surface area contributed by atoms with Crippen LogP contribution in [-0.4, -0.2) is 33.1 Å². The summed E-state index contributed by atoms with van der Waals surface area (Å²) in [4.78, 5) is 33.4. The first-order valence-electron chi connectivity index (χ1n) is 7.40. The highest BCUT2D eigenvalue weighted by atomic mass is 32.2. The van der Waals surface area contributed by atoms with Crippen LogP contribution in [0.4, 0.5) is 0 Å². The van der Waals surface area contributed by atoms with Crippen molar-refractivity contribution in [2.45, 2.75) is 38.5 Å². The van der Waals surface area contributed by atoms with E-state index in [0.717, 1.165) is 0 Å². The molecule has 7 heteroatoms. The van der Waals surface area contributed by atoms with Gasteiger partial charge in [0.15, 0.2) is 5.16 Å². The molecule has 0 saturated carbocycles. The fraction of sp³-hybridized carbons (Fsp3) is 0.438. The van der Waals surface area contributed by atoms with E-state index in [1.165, 1.54) is 18.0 Å². The maximum absolute atomic E-state index is 12.9. The highest BCUT2D eigenvalue weighted by molar-refractivity contribution is 7.98. The predicted molar refractivity (Wildman–Crippen MR) is 89.5 cm³/mol. The van der Waals surface area contributed by atoms with Gasteiger partial charge in [-0.3, -0.25) is 9.59 Å². The van der Waals surface area contributed by atoms with Crippen molar-refractivity contribution in [3.63, 3.8) is 0 Å². The molecule has 0 aliphatic carbocycles. The third-order valence-corrected chi connectivity index (χ3v) is 4.42. The van der Waals surface area contributed by atoms with E-state index in [4.69, 9.17) is 4.42 Å². The molecule has 2 aromatic rings. The number of aromatic nitrogens is 2. The Kier molecular flexibility index (Phi) is 5.65. The van der Waals surface area contributed by atoms with E-state index >= 15 is 0 Å². The molecular weight excluding hydrogens is 314 g/mol. The highest BCUT2D eigenvalue weighted by Gasteiger charge is 2.27. The number of furan rings is 1. The zero-order chi connectivity index (χ0) is 17.0. The summed E-state index contributed by atoms with van der Waals surface area (Å²) >= 11 is 1.32. The molecule has 1 N–H and O–H groups in total. The Morgan fingerprint density at radius 2 is 2.17 bits per heavy atom. The van der Waals surface area contributed by atoms with Gasteiger partial charge >= 0.3 is 0 Å². The maximum atomic E-state index is 12.9. The summed E-state index contributed by atoms with van der Waals surface area (Å²) in [6, 6.07) is 3.54. The van der Waals surface area contributed by atoms with Crippen LogP contribution in [0.3, 0.4) is 0 Å². The van der Waals surface area contributed by atoms with Gasteiger partial charge in [-0.15, -0.1) is 0 Å². The molecule has 0 spiro atoms. The summed E-state index contributed by atoms with van der Waals surface area (Å²) in [5, 5.41) is 0.487. The number of thioether (sulfide) groups is 1. The molecule has 0 aliphatic rings. The van der Waals surface area contributed by atoms with Gasteiger partial charge in [-0.25, -0.2) is 4.98 Å². The Labute approximate surface area is 139 Å². The lowest BCUT2D eigenvalue weighted by atomic mass is 10.0. The predicted octanol–water partition coefficient (Wildman–Crippen LogP) is 2.77. The molecule has 124 valence electrons. The Morgan fingerprint density at radius 3 is 2.70 bits per heavy atom. The van der Waals surface area contributed by atoms with Crippen LogP contribution in [-0.2, 0) is 6.54 Å². The van der Waals surface area contributed by atoms with Crippen LogP contribution >= 0.6 is 11.8 Å². The quantitative estimate of drug-likeness (QED) is 0.648. The molecule has 6 nitrogen and oxygen atoms in total. The van der Waals surface area contributed by atoms with Gasteiger partial charge in [-0.05, 0) is 31.2 Å². The van der Waals surface area contributed by atoms with Crippen LogP contribution in [0.25, 0.3) is 0 Å². The second kappa shape index (κ2) is 7.50. The van der Waals surface area contributed by atoms with Crippen molar-refractivity contribution < 1.29 is 9.21 Å². The Hall–Kier alpha value is -2.02. The van der Waals surface area contributed by atoms with Crippen molar-refractivity contribution in [1.82, 2.24) is 14.9 Å².